The van der Waals surface area contributed by atoms with E-state index in [1.807, 2.05) is 6.08 Å². The number of carbonyl (C=O) groups excluding carboxylic acids is 2. The van der Waals surface area contributed by atoms with Gasteiger partial charge in [0.25, 0.3) is 0 Å². The van der Waals surface area contributed by atoms with Gasteiger partial charge in [-0.2, -0.15) is 0 Å². The van der Waals surface area contributed by atoms with E-state index in [9.17, 15) is 19.8 Å². The molecule has 0 heterocycles. The summed E-state index contributed by atoms with van der Waals surface area (Å²) in [6, 6.07) is -0.630. The van der Waals surface area contributed by atoms with Crippen molar-refractivity contribution >= 4 is 11.9 Å². The molecule has 0 spiro atoms. The molecule has 0 aliphatic heterocycles. The highest BCUT2D eigenvalue weighted by Crippen LogP contribution is 2.19. The van der Waals surface area contributed by atoms with Crippen molar-refractivity contribution in [1.29, 1.82) is 0 Å². The van der Waals surface area contributed by atoms with Gasteiger partial charge in [-0.1, -0.05) is 352 Å². The summed E-state index contributed by atoms with van der Waals surface area (Å²) in [6.07, 6.45) is 87.9. The van der Waals surface area contributed by atoms with E-state index in [-0.39, 0.29) is 18.5 Å². The van der Waals surface area contributed by atoms with Crippen molar-refractivity contribution in [2.24, 2.45) is 0 Å². The standard InChI is InChI=1S/C73H139NO5/c1-3-5-7-9-11-13-15-17-19-21-23-24-26-30-33-37-41-45-49-53-57-61-65-71(76)70(69-75)74-72(77)66-62-58-54-50-46-42-38-34-31-27-25-28-32-36-40-44-48-52-56-60-64-68-79-73(78)67-63-59-55-51-47-43-39-35-29-22-20-18-16-14-12-10-8-6-4-2/h12,14,18,20,61,65,70-71,75-76H,3-11,13,15-17,19,21-60,62-64,66-69H2,1-2H3,(H,74,77)/b14-12-,20-18-,65-61+. The van der Waals surface area contributed by atoms with Gasteiger partial charge in [-0.3, -0.25) is 9.59 Å². The lowest BCUT2D eigenvalue weighted by Gasteiger charge is -2.20. The Morgan fingerprint density at radius 2 is 0.633 bits per heavy atom. The first kappa shape index (κ1) is 77.1. The molecule has 0 aromatic rings. The van der Waals surface area contributed by atoms with E-state index in [0.717, 1.165) is 51.4 Å². The van der Waals surface area contributed by atoms with Crippen LogP contribution in [-0.2, 0) is 14.3 Å². The van der Waals surface area contributed by atoms with Gasteiger partial charge in [-0.25, -0.2) is 0 Å². The van der Waals surface area contributed by atoms with Crippen LogP contribution in [0.15, 0.2) is 36.5 Å². The summed E-state index contributed by atoms with van der Waals surface area (Å²) in [5, 5.41) is 23.3. The number of allylic oxidation sites excluding steroid dienone is 5. The van der Waals surface area contributed by atoms with Gasteiger partial charge in [0, 0.05) is 12.8 Å². The summed E-state index contributed by atoms with van der Waals surface area (Å²) in [6.45, 7) is 4.91. The van der Waals surface area contributed by atoms with Crippen molar-refractivity contribution in [1.82, 2.24) is 5.32 Å². The first-order valence-corrected chi connectivity index (χ1v) is 35.8. The molecule has 466 valence electrons. The van der Waals surface area contributed by atoms with E-state index < -0.39 is 12.1 Å². The number of aliphatic hydroxyl groups excluding tert-OH is 2. The van der Waals surface area contributed by atoms with Crippen LogP contribution in [0.25, 0.3) is 0 Å². The molecule has 3 N–H and O–H groups in total. The second kappa shape index (κ2) is 68.6. The van der Waals surface area contributed by atoms with Crippen molar-refractivity contribution in [2.45, 2.75) is 405 Å². The Morgan fingerprint density at radius 3 is 0.987 bits per heavy atom. The van der Waals surface area contributed by atoms with E-state index in [2.05, 4.69) is 43.5 Å². The number of hydrogen-bond donors (Lipinski definition) is 3. The fourth-order valence-corrected chi connectivity index (χ4v) is 11.2. The van der Waals surface area contributed by atoms with Crippen LogP contribution in [0.5, 0.6) is 0 Å². The summed E-state index contributed by atoms with van der Waals surface area (Å²) in [5.41, 5.74) is 0. The molecule has 0 aliphatic rings. The second-order valence-corrected chi connectivity index (χ2v) is 24.6. The second-order valence-electron chi connectivity index (χ2n) is 24.6. The molecule has 1 amide bonds. The molecular formula is C73H139NO5. The Bertz CT molecular complexity index is 1280. The molecule has 0 radical (unpaired) electrons. The van der Waals surface area contributed by atoms with Crippen LogP contribution in [0.1, 0.15) is 393 Å². The maximum atomic E-state index is 12.5. The van der Waals surface area contributed by atoms with Gasteiger partial charge in [0.05, 0.1) is 25.4 Å². The van der Waals surface area contributed by atoms with Gasteiger partial charge in [0.1, 0.15) is 0 Å². The van der Waals surface area contributed by atoms with E-state index >= 15 is 0 Å². The number of aliphatic hydroxyl groups is 2. The van der Waals surface area contributed by atoms with Gasteiger partial charge >= 0.3 is 5.97 Å². The summed E-state index contributed by atoms with van der Waals surface area (Å²) >= 11 is 0. The molecule has 0 saturated heterocycles. The monoisotopic (exact) mass is 1110 g/mol. The molecule has 2 atom stereocenters. The minimum absolute atomic E-state index is 0.00836. The van der Waals surface area contributed by atoms with E-state index in [0.29, 0.717) is 19.4 Å². The topological polar surface area (TPSA) is 95.9 Å². The zero-order valence-electron chi connectivity index (χ0n) is 53.4. The molecule has 79 heavy (non-hydrogen) atoms. The smallest absolute Gasteiger partial charge is 0.305 e. The largest absolute Gasteiger partial charge is 0.466 e. The first-order valence-electron chi connectivity index (χ1n) is 35.8. The third-order valence-corrected chi connectivity index (χ3v) is 16.7. The number of esters is 1. The Morgan fingerprint density at radius 1 is 0.354 bits per heavy atom. The lowest BCUT2D eigenvalue weighted by Crippen LogP contribution is -2.45. The Kier molecular flexibility index (Phi) is 66.9. The molecular weight excluding hydrogens is 971 g/mol. The zero-order valence-corrected chi connectivity index (χ0v) is 53.4. The van der Waals surface area contributed by atoms with Crippen LogP contribution >= 0.6 is 0 Å². The number of rotatable bonds is 67. The van der Waals surface area contributed by atoms with Crippen LogP contribution in [-0.4, -0.2) is 47.4 Å². The molecule has 0 rings (SSSR count). The van der Waals surface area contributed by atoms with Crippen LogP contribution in [0, 0.1) is 0 Å². The number of hydrogen-bond acceptors (Lipinski definition) is 5. The lowest BCUT2D eigenvalue weighted by molar-refractivity contribution is -0.143. The van der Waals surface area contributed by atoms with Gasteiger partial charge in [0.15, 0.2) is 0 Å². The van der Waals surface area contributed by atoms with Crippen molar-refractivity contribution in [3.63, 3.8) is 0 Å². The molecule has 6 heteroatoms. The summed E-state index contributed by atoms with van der Waals surface area (Å²) in [5.74, 6) is -0.0568. The molecule has 6 nitrogen and oxygen atoms in total. The van der Waals surface area contributed by atoms with Crippen LogP contribution in [0.2, 0.25) is 0 Å². The SMILES string of the molecule is CCCCC/C=C\C/C=C\CCCCCCCCCCCC(=O)OCCCCCCCCCCCCCCCCCCCCCCCC(=O)NC(CO)C(O)/C=C/CCCCCCCCCCCCCCCCCCCCCC. The van der Waals surface area contributed by atoms with Gasteiger partial charge in [-0.15, -0.1) is 0 Å². The molecule has 0 aliphatic carbocycles. The summed E-state index contributed by atoms with van der Waals surface area (Å²) in [4.78, 5) is 24.6. The molecule has 0 fully saturated rings. The Hall–Kier alpha value is -1.92. The van der Waals surface area contributed by atoms with Crippen molar-refractivity contribution < 1.29 is 24.5 Å². The van der Waals surface area contributed by atoms with Crippen molar-refractivity contribution in [3.05, 3.63) is 36.5 Å². The molecule has 2 unspecified atom stereocenters. The predicted octanol–water partition coefficient (Wildman–Crippen LogP) is 23.1. The average molecular weight is 1110 g/mol. The average Bonchev–Trinajstić information content (AvgIpc) is 3.45. The number of amides is 1. The third kappa shape index (κ3) is 65.1. The maximum absolute atomic E-state index is 12.5. The van der Waals surface area contributed by atoms with E-state index in [4.69, 9.17) is 4.74 Å². The maximum Gasteiger partial charge on any atom is 0.305 e. The van der Waals surface area contributed by atoms with Crippen molar-refractivity contribution in [2.75, 3.05) is 13.2 Å². The quantitative estimate of drug-likeness (QED) is 0.0320. The van der Waals surface area contributed by atoms with E-state index in [1.165, 1.54) is 315 Å². The highest BCUT2D eigenvalue weighted by atomic mass is 16.5. The minimum atomic E-state index is -0.847. The molecule has 0 bridgehead atoms. The number of nitrogens with one attached hydrogen (secondary N) is 1. The Balaban J connectivity index is 3.40. The summed E-state index contributed by atoms with van der Waals surface area (Å²) in [7, 11) is 0. The number of unbranched alkanes of at least 4 members (excludes halogenated alkanes) is 52. The van der Waals surface area contributed by atoms with Gasteiger partial charge < -0.3 is 20.3 Å². The summed E-state index contributed by atoms with van der Waals surface area (Å²) < 4.78 is 5.51. The fraction of sp³-hybridized carbons (Fsp3) is 0.890. The molecule has 0 aromatic heterocycles. The molecule has 0 aromatic carbocycles. The normalized spacial score (nSPS) is 12.7. The first-order chi connectivity index (χ1) is 39.0. The van der Waals surface area contributed by atoms with E-state index in [1.54, 1.807) is 6.08 Å². The van der Waals surface area contributed by atoms with Crippen LogP contribution in [0.4, 0.5) is 0 Å². The van der Waals surface area contributed by atoms with Gasteiger partial charge in [-0.05, 0) is 64.2 Å². The van der Waals surface area contributed by atoms with Gasteiger partial charge in [0.2, 0.25) is 5.91 Å². The van der Waals surface area contributed by atoms with Crippen molar-refractivity contribution in [3.8, 4) is 0 Å². The lowest BCUT2D eigenvalue weighted by atomic mass is 10.0. The fourth-order valence-electron chi connectivity index (χ4n) is 11.2. The predicted molar refractivity (Wildman–Crippen MR) is 347 cm³/mol. The van der Waals surface area contributed by atoms with Crippen LogP contribution < -0.4 is 5.32 Å². The van der Waals surface area contributed by atoms with Crippen LogP contribution in [0.3, 0.4) is 0 Å². The number of carbonyl (C=O) groups is 2. The highest BCUT2D eigenvalue weighted by molar-refractivity contribution is 5.76. The minimum Gasteiger partial charge on any atom is -0.466 e. The Labute approximate surface area is 494 Å². The zero-order chi connectivity index (χ0) is 57.1. The number of ether oxygens (including phenoxy) is 1. The highest BCUT2D eigenvalue weighted by Gasteiger charge is 2.18. The molecule has 0 saturated carbocycles. The third-order valence-electron chi connectivity index (χ3n) is 16.7.